The quantitative estimate of drug-likeness (QED) is 0.396. The van der Waals surface area contributed by atoms with Gasteiger partial charge in [0.15, 0.2) is 0 Å². The summed E-state index contributed by atoms with van der Waals surface area (Å²) in [5.74, 6) is -0.387. The molecular formula is C21H40N2O6. The Bertz CT molecular complexity index is 468. The number of rotatable bonds is 14. The molecule has 8 nitrogen and oxygen atoms in total. The van der Waals surface area contributed by atoms with Crippen LogP contribution in [0.5, 0.6) is 0 Å². The maximum atomic E-state index is 12.0. The predicted octanol–water partition coefficient (Wildman–Crippen LogP) is 1.71. The van der Waals surface area contributed by atoms with Crippen LogP contribution in [0.15, 0.2) is 0 Å². The Morgan fingerprint density at radius 2 is 1.41 bits per heavy atom. The highest BCUT2D eigenvalue weighted by Crippen LogP contribution is 2.04. The Hall–Kier alpha value is -1.22. The first-order valence-corrected chi connectivity index (χ1v) is 10.8. The number of esters is 2. The largest absolute Gasteiger partial charge is 0.463 e. The lowest BCUT2D eigenvalue weighted by atomic mass is 10.3. The second-order valence-corrected chi connectivity index (χ2v) is 7.92. The maximum absolute atomic E-state index is 12.0. The third-order valence-electron chi connectivity index (χ3n) is 4.72. The van der Waals surface area contributed by atoms with Crippen molar-refractivity contribution in [1.29, 1.82) is 0 Å². The number of carbonyl (C=O) groups is 2. The monoisotopic (exact) mass is 416 g/mol. The minimum absolute atomic E-state index is 0.143. The van der Waals surface area contributed by atoms with E-state index in [1.165, 1.54) is 0 Å². The van der Waals surface area contributed by atoms with E-state index in [9.17, 15) is 9.59 Å². The molecule has 0 aliphatic carbocycles. The normalized spacial score (nSPS) is 18.8. The molecule has 1 saturated heterocycles. The molecule has 0 amide bonds. The van der Waals surface area contributed by atoms with Gasteiger partial charge in [0, 0.05) is 39.1 Å². The Balaban J connectivity index is 2.08. The molecule has 0 bridgehead atoms. The van der Waals surface area contributed by atoms with E-state index < -0.39 is 0 Å². The second-order valence-electron chi connectivity index (χ2n) is 7.92. The molecule has 0 aromatic rings. The van der Waals surface area contributed by atoms with Crippen molar-refractivity contribution in [3.05, 3.63) is 0 Å². The Labute approximate surface area is 175 Å². The summed E-state index contributed by atoms with van der Waals surface area (Å²) in [4.78, 5) is 27.9. The SMILES string of the molecule is CCCC(=O)OCC(C)OCC(C)OCC(C)OC(=O)CCN1CCN(C)CC1. The number of piperazine rings is 1. The molecule has 170 valence electrons. The maximum Gasteiger partial charge on any atom is 0.307 e. The first-order chi connectivity index (χ1) is 13.8. The number of ether oxygens (including phenoxy) is 4. The van der Waals surface area contributed by atoms with E-state index >= 15 is 0 Å². The molecule has 3 unspecified atom stereocenters. The van der Waals surface area contributed by atoms with Gasteiger partial charge in [-0.25, -0.2) is 0 Å². The first-order valence-electron chi connectivity index (χ1n) is 10.8. The lowest BCUT2D eigenvalue weighted by Crippen LogP contribution is -2.45. The highest BCUT2D eigenvalue weighted by Gasteiger charge is 2.17. The average Bonchev–Trinajstić information content (AvgIpc) is 2.69. The van der Waals surface area contributed by atoms with Crippen LogP contribution in [0, 0.1) is 0 Å². The number of hydrogen-bond acceptors (Lipinski definition) is 8. The number of carbonyl (C=O) groups excluding carboxylic acids is 2. The van der Waals surface area contributed by atoms with Crippen molar-refractivity contribution < 1.29 is 28.5 Å². The van der Waals surface area contributed by atoms with E-state index in [1.807, 2.05) is 27.7 Å². The van der Waals surface area contributed by atoms with Crippen molar-refractivity contribution in [3.8, 4) is 0 Å². The van der Waals surface area contributed by atoms with E-state index in [2.05, 4.69) is 16.8 Å². The Morgan fingerprint density at radius 3 is 2.03 bits per heavy atom. The van der Waals surface area contributed by atoms with Crippen LogP contribution in [0.3, 0.4) is 0 Å². The molecule has 29 heavy (non-hydrogen) atoms. The zero-order valence-electron chi connectivity index (χ0n) is 18.9. The van der Waals surface area contributed by atoms with Crippen molar-refractivity contribution in [2.75, 3.05) is 59.6 Å². The van der Waals surface area contributed by atoms with Gasteiger partial charge in [-0.15, -0.1) is 0 Å². The molecule has 0 spiro atoms. The van der Waals surface area contributed by atoms with Gasteiger partial charge in [-0.3, -0.25) is 9.59 Å². The smallest absolute Gasteiger partial charge is 0.307 e. The number of nitrogens with zero attached hydrogens (tertiary/aromatic N) is 2. The van der Waals surface area contributed by atoms with Crippen molar-refractivity contribution in [1.82, 2.24) is 9.80 Å². The van der Waals surface area contributed by atoms with Crippen LogP contribution in [-0.4, -0.2) is 99.6 Å². The van der Waals surface area contributed by atoms with E-state index in [1.54, 1.807) is 0 Å². The predicted molar refractivity (Wildman–Crippen MR) is 111 cm³/mol. The molecule has 1 rings (SSSR count). The molecule has 0 aromatic heterocycles. The van der Waals surface area contributed by atoms with Gasteiger partial charge in [-0.05, 0) is 34.2 Å². The van der Waals surface area contributed by atoms with E-state index in [0.29, 0.717) is 26.1 Å². The highest BCUT2D eigenvalue weighted by atomic mass is 16.6. The summed E-state index contributed by atoms with van der Waals surface area (Å²) in [7, 11) is 2.11. The first kappa shape index (κ1) is 25.8. The molecule has 1 aliphatic heterocycles. The summed E-state index contributed by atoms with van der Waals surface area (Å²) in [6.45, 7) is 13.3. The molecule has 8 heteroatoms. The van der Waals surface area contributed by atoms with Gasteiger partial charge in [-0.2, -0.15) is 0 Å². The molecule has 1 fully saturated rings. The summed E-state index contributed by atoms with van der Waals surface area (Å²) >= 11 is 0. The zero-order chi connectivity index (χ0) is 21.6. The number of likely N-dealkylation sites (N-methyl/N-ethyl adjacent to an activating group) is 1. The lowest BCUT2D eigenvalue weighted by Gasteiger charge is -2.32. The summed E-state index contributed by atoms with van der Waals surface area (Å²) in [5, 5.41) is 0. The van der Waals surface area contributed by atoms with Crippen LogP contribution in [0.1, 0.15) is 47.0 Å². The van der Waals surface area contributed by atoms with Gasteiger partial charge in [0.25, 0.3) is 0 Å². The van der Waals surface area contributed by atoms with Crippen molar-refractivity contribution >= 4 is 11.9 Å². The molecule has 0 radical (unpaired) electrons. The van der Waals surface area contributed by atoms with E-state index in [0.717, 1.165) is 39.1 Å². The van der Waals surface area contributed by atoms with Crippen LogP contribution in [0.25, 0.3) is 0 Å². The third-order valence-corrected chi connectivity index (χ3v) is 4.72. The van der Waals surface area contributed by atoms with Crippen LogP contribution in [-0.2, 0) is 28.5 Å². The van der Waals surface area contributed by atoms with Crippen LogP contribution in [0.4, 0.5) is 0 Å². The molecule has 3 atom stereocenters. The highest BCUT2D eigenvalue weighted by molar-refractivity contribution is 5.69. The minimum atomic E-state index is -0.301. The van der Waals surface area contributed by atoms with E-state index in [4.69, 9.17) is 18.9 Å². The fourth-order valence-corrected chi connectivity index (χ4v) is 2.82. The summed E-state index contributed by atoms with van der Waals surface area (Å²) < 4.78 is 21.9. The van der Waals surface area contributed by atoms with Crippen LogP contribution >= 0.6 is 0 Å². The average molecular weight is 417 g/mol. The van der Waals surface area contributed by atoms with Gasteiger partial charge < -0.3 is 28.7 Å². The van der Waals surface area contributed by atoms with Gasteiger partial charge in [0.2, 0.25) is 0 Å². The second kappa shape index (κ2) is 14.7. The Morgan fingerprint density at radius 1 is 0.828 bits per heavy atom. The molecular weight excluding hydrogens is 376 g/mol. The fourth-order valence-electron chi connectivity index (χ4n) is 2.82. The lowest BCUT2D eigenvalue weighted by molar-refractivity contribution is -0.155. The summed E-state index contributed by atoms with van der Waals surface area (Å²) in [5.41, 5.74) is 0. The molecule has 0 aromatic carbocycles. The van der Waals surface area contributed by atoms with Gasteiger partial charge in [0.1, 0.15) is 12.7 Å². The van der Waals surface area contributed by atoms with Gasteiger partial charge >= 0.3 is 11.9 Å². The zero-order valence-corrected chi connectivity index (χ0v) is 18.9. The van der Waals surface area contributed by atoms with E-state index in [-0.39, 0.29) is 36.9 Å². The minimum Gasteiger partial charge on any atom is -0.463 e. The van der Waals surface area contributed by atoms with Crippen molar-refractivity contribution in [3.63, 3.8) is 0 Å². The van der Waals surface area contributed by atoms with Crippen LogP contribution < -0.4 is 0 Å². The molecule has 1 aliphatic rings. The standard InChI is InChI=1S/C21H40N2O6/c1-6-7-20(24)28-15-18(3)26-14-17(2)27-16-19(4)29-21(25)8-9-23-12-10-22(5)11-13-23/h17-19H,6-16H2,1-5H3. The van der Waals surface area contributed by atoms with Gasteiger partial charge in [-0.1, -0.05) is 6.92 Å². The topological polar surface area (TPSA) is 77.5 Å². The number of hydrogen-bond donors (Lipinski definition) is 0. The Kier molecular flexibility index (Phi) is 13.1. The fraction of sp³-hybridized carbons (Fsp3) is 0.905. The molecule has 1 heterocycles. The van der Waals surface area contributed by atoms with Crippen molar-refractivity contribution in [2.45, 2.75) is 65.3 Å². The third kappa shape index (κ3) is 12.8. The van der Waals surface area contributed by atoms with Gasteiger partial charge in [0.05, 0.1) is 31.8 Å². The van der Waals surface area contributed by atoms with Crippen molar-refractivity contribution in [2.24, 2.45) is 0 Å². The molecule has 0 saturated carbocycles. The molecule has 0 N–H and O–H groups in total. The summed E-state index contributed by atoms with van der Waals surface area (Å²) in [6, 6.07) is 0. The van der Waals surface area contributed by atoms with Crippen LogP contribution in [0.2, 0.25) is 0 Å². The summed E-state index contributed by atoms with van der Waals surface area (Å²) in [6.07, 6.45) is 0.975.